The van der Waals surface area contributed by atoms with E-state index in [0.29, 0.717) is 11.4 Å². The topological polar surface area (TPSA) is 96.4 Å². The number of aromatic nitrogens is 1. The second-order valence-electron chi connectivity index (χ2n) is 6.55. The van der Waals surface area contributed by atoms with Crippen LogP contribution in [-0.2, 0) is 19.6 Å². The van der Waals surface area contributed by atoms with Crippen molar-refractivity contribution in [1.82, 2.24) is 4.98 Å². The highest BCUT2D eigenvalue weighted by molar-refractivity contribution is 7.92. The van der Waals surface area contributed by atoms with Gasteiger partial charge in [-0.05, 0) is 43.3 Å². The lowest BCUT2D eigenvalue weighted by Gasteiger charge is -2.14. The molecule has 2 heterocycles. The van der Waals surface area contributed by atoms with E-state index in [-0.39, 0.29) is 29.6 Å². The minimum atomic E-state index is -3.83. The predicted octanol–water partition coefficient (Wildman–Crippen LogP) is 3.57. The van der Waals surface area contributed by atoms with Crippen molar-refractivity contribution in [1.29, 1.82) is 0 Å². The van der Waals surface area contributed by atoms with Crippen LogP contribution in [0.3, 0.4) is 0 Å². The smallest absolute Gasteiger partial charge is 0.261 e. The second kappa shape index (κ2) is 7.41. The van der Waals surface area contributed by atoms with Crippen molar-refractivity contribution in [2.45, 2.75) is 24.7 Å². The fourth-order valence-corrected chi connectivity index (χ4v) is 4.76. The van der Waals surface area contributed by atoms with E-state index < -0.39 is 10.0 Å². The van der Waals surface area contributed by atoms with E-state index in [9.17, 15) is 18.0 Å². The minimum absolute atomic E-state index is 0.0373. The second-order valence-corrected chi connectivity index (χ2v) is 9.30. The Hall–Kier alpha value is -3.04. The fourth-order valence-electron chi connectivity index (χ4n) is 3.09. The third-order valence-corrected chi connectivity index (χ3v) is 6.66. The monoisotopic (exact) mass is 427 g/mol. The van der Waals surface area contributed by atoms with Gasteiger partial charge in [-0.15, -0.1) is 11.3 Å². The Morgan fingerprint density at radius 2 is 1.72 bits per heavy atom. The van der Waals surface area contributed by atoms with Crippen LogP contribution in [0.2, 0.25) is 0 Å². The summed E-state index contributed by atoms with van der Waals surface area (Å²) in [7, 11) is -3.83. The molecule has 0 spiro atoms. The van der Waals surface area contributed by atoms with Crippen LogP contribution in [-0.4, -0.2) is 25.2 Å². The van der Waals surface area contributed by atoms with E-state index in [1.807, 2.05) is 18.4 Å². The van der Waals surface area contributed by atoms with E-state index in [1.165, 1.54) is 35.6 Å². The number of sulfonamides is 1. The van der Waals surface area contributed by atoms with Gasteiger partial charge in [0.15, 0.2) is 0 Å². The summed E-state index contributed by atoms with van der Waals surface area (Å²) in [5.74, 6) is -0.560. The first-order chi connectivity index (χ1) is 13.8. The van der Waals surface area contributed by atoms with E-state index in [1.54, 1.807) is 18.2 Å². The molecule has 0 atom stereocenters. The van der Waals surface area contributed by atoms with Crippen molar-refractivity contribution < 1.29 is 18.0 Å². The molecule has 0 unspecified atom stereocenters. The zero-order valence-electron chi connectivity index (χ0n) is 15.5. The summed E-state index contributed by atoms with van der Waals surface area (Å²) >= 11 is 1.53. The third kappa shape index (κ3) is 3.92. The molecule has 0 radical (unpaired) electrons. The van der Waals surface area contributed by atoms with Crippen LogP contribution in [0.1, 0.15) is 17.8 Å². The van der Waals surface area contributed by atoms with Gasteiger partial charge in [-0.1, -0.05) is 12.1 Å². The number of hydrogen-bond donors (Lipinski definition) is 1. The number of rotatable bonds is 5. The van der Waals surface area contributed by atoms with Crippen LogP contribution in [0.15, 0.2) is 58.8 Å². The number of thiazole rings is 1. The molecule has 9 heteroatoms. The van der Waals surface area contributed by atoms with E-state index in [4.69, 9.17) is 0 Å². The highest BCUT2D eigenvalue weighted by Gasteiger charge is 2.30. The molecule has 0 bridgehead atoms. The van der Waals surface area contributed by atoms with Crippen LogP contribution in [0, 0.1) is 6.92 Å². The molecule has 7 nitrogen and oxygen atoms in total. The first-order valence-corrected chi connectivity index (χ1v) is 11.2. The summed E-state index contributed by atoms with van der Waals surface area (Å²) in [6.45, 7) is 1.91. The van der Waals surface area contributed by atoms with E-state index >= 15 is 0 Å². The average molecular weight is 428 g/mol. The lowest BCUT2D eigenvalue weighted by atomic mass is 10.1. The molecule has 0 aliphatic carbocycles. The Labute approximate surface area is 172 Å². The SMILES string of the molecule is Cc1nc(-c2cccc(NS(=O)(=O)c3ccc(N4C(=O)CCC4=O)cc3)c2)cs1. The Morgan fingerprint density at radius 3 is 2.34 bits per heavy atom. The van der Waals surface area contributed by atoms with Crippen molar-refractivity contribution in [2.75, 3.05) is 9.62 Å². The molecular formula is C20H17N3O4S2. The van der Waals surface area contributed by atoms with Crippen LogP contribution in [0.4, 0.5) is 11.4 Å². The largest absolute Gasteiger partial charge is 0.280 e. The Kier molecular flexibility index (Phi) is 4.93. The van der Waals surface area contributed by atoms with Crippen LogP contribution in [0.25, 0.3) is 11.3 Å². The maximum Gasteiger partial charge on any atom is 0.261 e. The number of carbonyl (C=O) groups is 2. The standard InChI is InChI=1S/C20H17N3O4S2/c1-13-21-18(12-28-13)14-3-2-4-15(11-14)22-29(26,27)17-7-5-16(6-8-17)23-19(24)9-10-20(23)25/h2-8,11-12,22H,9-10H2,1H3. The molecule has 2 aromatic carbocycles. The van der Waals surface area contributed by atoms with Gasteiger partial charge in [0, 0.05) is 29.5 Å². The van der Waals surface area contributed by atoms with Crippen LogP contribution >= 0.6 is 11.3 Å². The van der Waals surface area contributed by atoms with Crippen molar-refractivity contribution in [3.05, 3.63) is 58.9 Å². The summed E-state index contributed by atoms with van der Waals surface area (Å²) in [4.78, 5) is 29.2. The van der Waals surface area contributed by atoms with Gasteiger partial charge < -0.3 is 0 Å². The molecule has 1 saturated heterocycles. The van der Waals surface area contributed by atoms with Gasteiger partial charge in [0.2, 0.25) is 11.8 Å². The van der Waals surface area contributed by atoms with Crippen molar-refractivity contribution in [2.24, 2.45) is 0 Å². The quantitative estimate of drug-likeness (QED) is 0.628. The summed E-state index contributed by atoms with van der Waals surface area (Å²) in [5.41, 5.74) is 2.40. The maximum atomic E-state index is 12.7. The lowest BCUT2D eigenvalue weighted by molar-refractivity contribution is -0.121. The molecule has 1 aromatic heterocycles. The third-order valence-electron chi connectivity index (χ3n) is 4.49. The molecule has 1 aliphatic heterocycles. The normalized spacial score (nSPS) is 14.4. The van der Waals surface area contributed by atoms with Gasteiger partial charge >= 0.3 is 0 Å². The zero-order valence-corrected chi connectivity index (χ0v) is 17.1. The lowest BCUT2D eigenvalue weighted by Crippen LogP contribution is -2.28. The number of benzene rings is 2. The first kappa shape index (κ1) is 19.3. The molecule has 29 heavy (non-hydrogen) atoms. The van der Waals surface area contributed by atoms with Gasteiger partial charge in [0.05, 0.1) is 21.3 Å². The fraction of sp³-hybridized carbons (Fsp3) is 0.150. The molecule has 2 amide bonds. The predicted molar refractivity (Wildman–Crippen MR) is 111 cm³/mol. The number of aryl methyl sites for hydroxylation is 1. The summed E-state index contributed by atoms with van der Waals surface area (Å²) in [6, 6.07) is 12.7. The van der Waals surface area contributed by atoms with Gasteiger partial charge in [0.25, 0.3) is 10.0 Å². The van der Waals surface area contributed by atoms with Crippen molar-refractivity contribution >= 4 is 44.5 Å². The highest BCUT2D eigenvalue weighted by atomic mass is 32.2. The average Bonchev–Trinajstić information content (AvgIpc) is 3.27. The number of carbonyl (C=O) groups excluding carboxylic acids is 2. The molecule has 1 fully saturated rings. The number of nitrogens with one attached hydrogen (secondary N) is 1. The molecule has 1 aliphatic rings. The number of nitrogens with zero attached hydrogens (tertiary/aromatic N) is 2. The molecule has 3 aromatic rings. The molecular weight excluding hydrogens is 410 g/mol. The van der Waals surface area contributed by atoms with Crippen LogP contribution < -0.4 is 9.62 Å². The zero-order chi connectivity index (χ0) is 20.6. The summed E-state index contributed by atoms with van der Waals surface area (Å²) in [6.07, 6.45) is 0.352. The number of anilines is 2. The molecule has 0 saturated carbocycles. The van der Waals surface area contributed by atoms with Gasteiger partial charge in [-0.25, -0.2) is 13.4 Å². The number of imide groups is 1. The van der Waals surface area contributed by atoms with Gasteiger partial charge in [-0.3, -0.25) is 19.2 Å². The Morgan fingerprint density at radius 1 is 1.03 bits per heavy atom. The number of amides is 2. The Bertz CT molecular complexity index is 1180. The molecule has 148 valence electrons. The van der Waals surface area contributed by atoms with Gasteiger partial charge in [0.1, 0.15) is 0 Å². The maximum absolute atomic E-state index is 12.7. The summed E-state index contributed by atoms with van der Waals surface area (Å²) < 4.78 is 28.0. The highest BCUT2D eigenvalue weighted by Crippen LogP contribution is 2.27. The van der Waals surface area contributed by atoms with Crippen LogP contribution in [0.5, 0.6) is 0 Å². The van der Waals surface area contributed by atoms with Crippen molar-refractivity contribution in [3.63, 3.8) is 0 Å². The van der Waals surface area contributed by atoms with Crippen molar-refractivity contribution in [3.8, 4) is 11.3 Å². The number of hydrogen-bond acceptors (Lipinski definition) is 6. The molecule has 1 N–H and O–H groups in total. The van der Waals surface area contributed by atoms with E-state index in [2.05, 4.69) is 9.71 Å². The van der Waals surface area contributed by atoms with Gasteiger partial charge in [-0.2, -0.15) is 0 Å². The summed E-state index contributed by atoms with van der Waals surface area (Å²) in [5, 5.41) is 2.85. The Balaban J connectivity index is 1.56. The first-order valence-electron chi connectivity index (χ1n) is 8.85. The minimum Gasteiger partial charge on any atom is -0.280 e. The molecule has 4 rings (SSSR count). The van der Waals surface area contributed by atoms with E-state index in [0.717, 1.165) is 21.2 Å².